The van der Waals surface area contributed by atoms with Gasteiger partial charge in [-0.15, -0.1) is 0 Å². The lowest BCUT2D eigenvalue weighted by Crippen LogP contribution is -2.24. The van der Waals surface area contributed by atoms with E-state index in [0.717, 1.165) is 12.1 Å². The molecule has 0 amide bonds. The Labute approximate surface area is 84.8 Å². The van der Waals surface area contributed by atoms with Crippen molar-refractivity contribution in [3.63, 3.8) is 0 Å². The molecule has 0 aliphatic rings. The SMILES string of the molecule is Cc1c(C)[n+](=O)c2ccc(F)cc2n1[O-]. The third kappa shape index (κ3) is 1.27. The first-order chi connectivity index (χ1) is 7.02. The van der Waals surface area contributed by atoms with Gasteiger partial charge >= 0.3 is 0 Å². The van der Waals surface area contributed by atoms with Crippen molar-refractivity contribution in [3.8, 4) is 0 Å². The van der Waals surface area contributed by atoms with Crippen LogP contribution in [0.2, 0.25) is 0 Å². The fourth-order valence-corrected chi connectivity index (χ4v) is 1.49. The van der Waals surface area contributed by atoms with E-state index < -0.39 is 5.82 Å². The highest BCUT2D eigenvalue weighted by molar-refractivity contribution is 5.72. The van der Waals surface area contributed by atoms with Crippen molar-refractivity contribution in [2.45, 2.75) is 13.8 Å². The summed E-state index contributed by atoms with van der Waals surface area (Å²) in [5.41, 5.74) is 0.829. The molecule has 1 heterocycles. The maximum absolute atomic E-state index is 12.9. The predicted molar refractivity (Wildman–Crippen MR) is 53.5 cm³/mol. The molecule has 0 atom stereocenters. The number of rotatable bonds is 0. The zero-order chi connectivity index (χ0) is 11.2. The number of hydrogen-bond acceptors (Lipinski definition) is 2. The minimum Gasteiger partial charge on any atom is -0.805 e. The topological polar surface area (TPSA) is 51.0 Å². The molecule has 4 nitrogen and oxygen atoms in total. The smallest absolute Gasteiger partial charge is 0.286 e. The van der Waals surface area contributed by atoms with Crippen molar-refractivity contribution >= 4 is 11.0 Å². The molecule has 0 bridgehead atoms. The first-order valence-electron chi connectivity index (χ1n) is 4.44. The van der Waals surface area contributed by atoms with Gasteiger partial charge in [0, 0.05) is 24.0 Å². The molecule has 15 heavy (non-hydrogen) atoms. The van der Waals surface area contributed by atoms with E-state index in [9.17, 15) is 14.5 Å². The van der Waals surface area contributed by atoms with Gasteiger partial charge in [0.05, 0.1) is 10.1 Å². The largest absolute Gasteiger partial charge is 0.805 e. The second-order valence-electron chi connectivity index (χ2n) is 3.39. The summed E-state index contributed by atoms with van der Waals surface area (Å²) in [5, 5.41) is 11.7. The summed E-state index contributed by atoms with van der Waals surface area (Å²) >= 11 is 0. The van der Waals surface area contributed by atoms with Crippen molar-refractivity contribution in [1.29, 1.82) is 0 Å². The Bertz CT molecular complexity index is 604. The van der Waals surface area contributed by atoms with Crippen LogP contribution in [-0.4, -0.2) is 4.73 Å². The molecule has 0 fully saturated rings. The van der Waals surface area contributed by atoms with Crippen molar-refractivity contribution in [2.75, 3.05) is 0 Å². The summed E-state index contributed by atoms with van der Waals surface area (Å²) in [5.74, 6) is -0.532. The average Bonchev–Trinajstić information content (AvgIpc) is 2.23. The first kappa shape index (κ1) is 9.64. The van der Waals surface area contributed by atoms with Gasteiger partial charge in [-0.25, -0.2) is 4.39 Å². The van der Waals surface area contributed by atoms with E-state index in [4.69, 9.17) is 0 Å². The molecule has 2 aromatic rings. The van der Waals surface area contributed by atoms with E-state index >= 15 is 0 Å². The Kier molecular flexibility index (Phi) is 1.96. The molecule has 0 spiro atoms. The molecule has 5 heteroatoms. The lowest BCUT2D eigenvalue weighted by molar-refractivity contribution is -0.473. The lowest BCUT2D eigenvalue weighted by atomic mass is 10.2. The van der Waals surface area contributed by atoms with Crippen molar-refractivity contribution in [2.24, 2.45) is 0 Å². The number of fused-ring (bicyclic) bond motifs is 1. The quantitative estimate of drug-likeness (QED) is 0.618. The number of aromatic nitrogens is 2. The number of benzene rings is 1. The molecular formula is C10H9FN2O2. The van der Waals surface area contributed by atoms with Crippen LogP contribution in [0.3, 0.4) is 0 Å². The van der Waals surface area contributed by atoms with Gasteiger partial charge in [-0.3, -0.25) is 0 Å². The van der Waals surface area contributed by atoms with Crippen molar-refractivity contribution in [3.05, 3.63) is 45.5 Å². The van der Waals surface area contributed by atoms with E-state index in [-0.39, 0.29) is 16.7 Å². The summed E-state index contributed by atoms with van der Waals surface area (Å²) in [4.78, 5) is 11.7. The maximum atomic E-state index is 12.9. The van der Waals surface area contributed by atoms with Crippen LogP contribution in [0.5, 0.6) is 0 Å². The van der Waals surface area contributed by atoms with Crippen LogP contribution >= 0.6 is 0 Å². The number of hydrogen-bond donors (Lipinski definition) is 0. The zero-order valence-corrected chi connectivity index (χ0v) is 8.32. The fraction of sp³-hybridized carbons (Fsp3) is 0.200. The third-order valence-electron chi connectivity index (χ3n) is 2.51. The van der Waals surface area contributed by atoms with Gasteiger partial charge < -0.3 is 9.94 Å². The second kappa shape index (κ2) is 3.05. The van der Waals surface area contributed by atoms with E-state index in [1.54, 1.807) is 6.92 Å². The molecule has 78 valence electrons. The maximum Gasteiger partial charge on any atom is 0.286 e. The Morgan fingerprint density at radius 3 is 2.73 bits per heavy atom. The van der Waals surface area contributed by atoms with Gasteiger partial charge in [-0.05, 0) is 13.0 Å². The van der Waals surface area contributed by atoms with Crippen LogP contribution < -0.4 is 4.43 Å². The second-order valence-corrected chi connectivity index (χ2v) is 3.39. The molecule has 2 rings (SSSR count). The van der Waals surface area contributed by atoms with E-state index in [0.29, 0.717) is 14.9 Å². The minimum absolute atomic E-state index is 0.0492. The molecule has 0 N–H and O–H groups in total. The van der Waals surface area contributed by atoms with Gasteiger partial charge in [-0.2, -0.15) is 0 Å². The van der Waals surface area contributed by atoms with E-state index in [1.165, 1.54) is 13.0 Å². The van der Waals surface area contributed by atoms with Crippen LogP contribution in [-0.2, 0) is 0 Å². The van der Waals surface area contributed by atoms with Gasteiger partial charge in [0.15, 0.2) is 0 Å². The summed E-state index contributed by atoms with van der Waals surface area (Å²) in [7, 11) is 0. The Morgan fingerprint density at radius 1 is 1.40 bits per heavy atom. The molecular weight excluding hydrogens is 199 g/mol. The molecule has 1 aromatic carbocycles. The Balaban J connectivity index is 3.08. The van der Waals surface area contributed by atoms with Gasteiger partial charge in [-0.1, -0.05) is 0 Å². The highest BCUT2D eigenvalue weighted by Crippen LogP contribution is 2.14. The molecule has 0 radical (unpaired) electrons. The van der Waals surface area contributed by atoms with Crippen LogP contribution in [0.15, 0.2) is 18.2 Å². The summed E-state index contributed by atoms with van der Waals surface area (Å²) in [6.07, 6.45) is 0. The third-order valence-corrected chi connectivity index (χ3v) is 2.51. The Morgan fingerprint density at radius 2 is 2.07 bits per heavy atom. The van der Waals surface area contributed by atoms with Crippen molar-refractivity contribution < 1.29 is 8.82 Å². The molecule has 0 saturated carbocycles. The number of nitrogens with zero attached hydrogens (tertiary/aromatic N) is 2. The summed E-state index contributed by atoms with van der Waals surface area (Å²) in [6, 6.07) is 3.52. The van der Waals surface area contributed by atoms with Crippen LogP contribution in [0.1, 0.15) is 11.4 Å². The highest BCUT2D eigenvalue weighted by Gasteiger charge is 2.15. The molecule has 1 aromatic heterocycles. The van der Waals surface area contributed by atoms with Crippen molar-refractivity contribution in [1.82, 2.24) is 4.73 Å². The molecule has 0 aliphatic carbocycles. The van der Waals surface area contributed by atoms with Crippen LogP contribution in [0, 0.1) is 29.8 Å². The Hall–Kier alpha value is -1.91. The zero-order valence-electron chi connectivity index (χ0n) is 8.32. The molecule has 0 saturated heterocycles. The van der Waals surface area contributed by atoms with E-state index in [1.807, 2.05) is 0 Å². The standard InChI is InChI=1S/C10H9FN2O2/c1-6-7(2)13(15)10-5-8(11)3-4-9(10)12(6)14/h3-5H,1-2H3. The first-order valence-corrected chi connectivity index (χ1v) is 4.44. The summed E-state index contributed by atoms with van der Waals surface area (Å²) in [6.45, 7) is 3.08. The molecule has 0 unspecified atom stereocenters. The normalized spacial score (nSPS) is 10.9. The fourth-order valence-electron chi connectivity index (χ4n) is 1.49. The predicted octanol–water partition coefficient (Wildman–Crippen LogP) is 1.66. The van der Waals surface area contributed by atoms with Gasteiger partial charge in [0.25, 0.3) is 11.2 Å². The highest BCUT2D eigenvalue weighted by atomic mass is 19.1. The van der Waals surface area contributed by atoms with E-state index in [2.05, 4.69) is 0 Å². The van der Waals surface area contributed by atoms with Crippen LogP contribution in [0.4, 0.5) is 4.39 Å². The average molecular weight is 208 g/mol. The van der Waals surface area contributed by atoms with Gasteiger partial charge in [0.2, 0.25) is 0 Å². The number of halogens is 1. The van der Waals surface area contributed by atoms with Gasteiger partial charge in [0.1, 0.15) is 11.3 Å². The molecule has 0 aliphatic heterocycles. The minimum atomic E-state index is -0.532. The lowest BCUT2D eigenvalue weighted by Gasteiger charge is -2.15. The van der Waals surface area contributed by atoms with Crippen LogP contribution in [0.25, 0.3) is 11.0 Å². The summed E-state index contributed by atoms with van der Waals surface area (Å²) < 4.78 is 14.1. The monoisotopic (exact) mass is 208 g/mol.